The number of ether oxygens (including phenoxy) is 4. The van der Waals surface area contributed by atoms with Crippen LogP contribution in [0.5, 0.6) is 17.2 Å². The molecule has 0 aliphatic heterocycles. The maximum absolute atomic E-state index is 9.48. The minimum absolute atomic E-state index is 0.0242. The van der Waals surface area contributed by atoms with E-state index in [4.69, 9.17) is 18.9 Å². The molecule has 2 aliphatic rings. The summed E-state index contributed by atoms with van der Waals surface area (Å²) in [6, 6.07) is 15.7. The number of allylic oxidation sites excluding steroid dienone is 1. The van der Waals surface area contributed by atoms with Crippen LogP contribution < -0.4 is 14.2 Å². The van der Waals surface area contributed by atoms with E-state index in [9.17, 15) is 5.26 Å². The lowest BCUT2D eigenvalue weighted by molar-refractivity contribution is -0.0745. The van der Waals surface area contributed by atoms with Crippen LogP contribution in [0, 0.1) is 17.2 Å². The van der Waals surface area contributed by atoms with Crippen molar-refractivity contribution in [3.63, 3.8) is 0 Å². The Hall–Kier alpha value is -2.97. The first-order valence-electron chi connectivity index (χ1n) is 10.3. The van der Waals surface area contributed by atoms with Gasteiger partial charge in [0.25, 0.3) is 0 Å². The van der Waals surface area contributed by atoms with Crippen LogP contribution in [0.2, 0.25) is 0 Å². The molecule has 3 unspecified atom stereocenters. The average molecular weight is 405 g/mol. The zero-order valence-electron chi connectivity index (χ0n) is 17.7. The number of methoxy groups -OCH3 is 3. The van der Waals surface area contributed by atoms with Crippen LogP contribution in [0.4, 0.5) is 0 Å². The number of rotatable bonds is 7. The lowest BCUT2D eigenvalue weighted by atomic mass is 9.93. The van der Waals surface area contributed by atoms with Gasteiger partial charge in [-0.15, -0.1) is 0 Å². The van der Waals surface area contributed by atoms with Gasteiger partial charge in [-0.05, 0) is 55.4 Å². The van der Waals surface area contributed by atoms with Gasteiger partial charge in [0.15, 0.2) is 11.5 Å². The summed E-state index contributed by atoms with van der Waals surface area (Å²) in [5, 5.41) is 9.48. The number of fused-ring (bicyclic) bond motifs is 2. The average Bonchev–Trinajstić information content (AvgIpc) is 3.36. The molecule has 3 atom stereocenters. The molecular formula is C25H27NO4. The largest absolute Gasteiger partial charge is 0.493 e. The van der Waals surface area contributed by atoms with Crippen LogP contribution >= 0.6 is 0 Å². The van der Waals surface area contributed by atoms with Gasteiger partial charge in [0.1, 0.15) is 17.5 Å². The Kier molecular flexibility index (Phi) is 5.69. The molecule has 0 radical (unpaired) electrons. The van der Waals surface area contributed by atoms with Crippen LogP contribution in [-0.4, -0.2) is 33.0 Å². The Morgan fingerprint density at radius 3 is 2.57 bits per heavy atom. The third-order valence-electron chi connectivity index (χ3n) is 6.50. The van der Waals surface area contributed by atoms with Crippen molar-refractivity contribution < 1.29 is 18.9 Å². The highest BCUT2D eigenvalue weighted by Gasteiger charge is 2.54. The van der Waals surface area contributed by atoms with E-state index in [1.54, 1.807) is 27.4 Å². The van der Waals surface area contributed by atoms with Crippen molar-refractivity contribution >= 4 is 5.57 Å². The molecule has 0 N–H and O–H groups in total. The molecule has 5 heteroatoms. The molecule has 2 bridgehead atoms. The smallest absolute Gasteiger partial charge is 0.161 e. The predicted molar refractivity (Wildman–Crippen MR) is 115 cm³/mol. The van der Waals surface area contributed by atoms with Gasteiger partial charge >= 0.3 is 0 Å². The summed E-state index contributed by atoms with van der Waals surface area (Å²) in [5.74, 6) is 2.69. The van der Waals surface area contributed by atoms with Crippen LogP contribution in [0.1, 0.15) is 36.8 Å². The van der Waals surface area contributed by atoms with Crippen molar-refractivity contribution in [2.45, 2.75) is 37.4 Å². The summed E-state index contributed by atoms with van der Waals surface area (Å²) >= 11 is 0. The van der Waals surface area contributed by atoms with Gasteiger partial charge in [0, 0.05) is 24.3 Å². The number of nitrogens with zero attached hydrogens (tertiary/aromatic N) is 1. The first kappa shape index (κ1) is 20.3. The van der Waals surface area contributed by atoms with Crippen molar-refractivity contribution in [2.75, 3.05) is 21.3 Å². The molecule has 2 aromatic rings. The monoisotopic (exact) mass is 405 g/mol. The number of para-hydroxylation sites is 1. The highest BCUT2D eigenvalue weighted by molar-refractivity contribution is 5.85. The molecule has 0 saturated heterocycles. The van der Waals surface area contributed by atoms with E-state index in [0.29, 0.717) is 17.4 Å². The molecule has 5 nitrogen and oxygen atoms in total. The first-order valence-corrected chi connectivity index (χ1v) is 10.3. The first-order chi connectivity index (χ1) is 14.6. The molecular weight excluding hydrogens is 378 g/mol. The summed E-state index contributed by atoms with van der Waals surface area (Å²) in [5.41, 5.74) is 2.32. The fraction of sp³-hybridized carbons (Fsp3) is 0.400. The van der Waals surface area contributed by atoms with Gasteiger partial charge in [0.2, 0.25) is 0 Å². The minimum Gasteiger partial charge on any atom is -0.493 e. The summed E-state index contributed by atoms with van der Waals surface area (Å²) in [6.07, 6.45) is 5.90. The lowest BCUT2D eigenvalue weighted by Crippen LogP contribution is -2.42. The van der Waals surface area contributed by atoms with Gasteiger partial charge < -0.3 is 18.9 Å². The van der Waals surface area contributed by atoms with E-state index >= 15 is 0 Å². The quantitative estimate of drug-likeness (QED) is 0.607. The normalized spacial score (nSPS) is 25.1. The second kappa shape index (κ2) is 8.41. The predicted octanol–water partition coefficient (Wildman–Crippen LogP) is 5.00. The topological polar surface area (TPSA) is 60.7 Å². The molecule has 0 amide bonds. The van der Waals surface area contributed by atoms with Crippen molar-refractivity contribution in [2.24, 2.45) is 5.92 Å². The molecule has 2 aromatic carbocycles. The molecule has 30 heavy (non-hydrogen) atoms. The van der Waals surface area contributed by atoms with E-state index in [0.717, 1.165) is 41.7 Å². The van der Waals surface area contributed by atoms with Crippen molar-refractivity contribution in [1.82, 2.24) is 0 Å². The number of hydrogen-bond donors (Lipinski definition) is 0. The third-order valence-corrected chi connectivity index (χ3v) is 6.50. The molecule has 2 aliphatic carbocycles. The van der Waals surface area contributed by atoms with Crippen LogP contribution in [0.3, 0.4) is 0 Å². The van der Waals surface area contributed by atoms with Crippen LogP contribution in [0.25, 0.3) is 5.57 Å². The van der Waals surface area contributed by atoms with Gasteiger partial charge in [-0.25, -0.2) is 0 Å². The molecule has 2 fully saturated rings. The fourth-order valence-corrected chi connectivity index (χ4v) is 4.95. The standard InChI is InChI=1S/C25H27NO4/c1-27-22-9-8-18(15-23(22)28-2)19(11-13-26)20-6-4-5-7-21(20)30-24-14-17-10-12-25(24,16-17)29-3/h4-9,11,15,17,24H,10,12,14,16H2,1-3H3. The fourth-order valence-electron chi connectivity index (χ4n) is 4.95. The van der Waals surface area contributed by atoms with Crippen LogP contribution in [0.15, 0.2) is 48.5 Å². The van der Waals surface area contributed by atoms with Crippen molar-refractivity contribution in [3.05, 3.63) is 59.7 Å². The SMILES string of the molecule is COc1ccc(C(=CC#N)c2ccccc2OC2CC3CCC2(OC)C3)cc1OC. The molecule has 4 rings (SSSR count). The highest BCUT2D eigenvalue weighted by atomic mass is 16.5. The minimum atomic E-state index is -0.194. The Labute approximate surface area is 177 Å². The number of nitriles is 1. The molecule has 0 aromatic heterocycles. The maximum Gasteiger partial charge on any atom is 0.161 e. The number of benzene rings is 2. The van der Waals surface area contributed by atoms with Gasteiger partial charge in [-0.2, -0.15) is 5.26 Å². The maximum atomic E-state index is 9.48. The van der Waals surface area contributed by atoms with Gasteiger partial charge in [0.05, 0.1) is 20.3 Å². The van der Waals surface area contributed by atoms with E-state index in [2.05, 4.69) is 6.07 Å². The van der Waals surface area contributed by atoms with Gasteiger partial charge in [-0.1, -0.05) is 24.3 Å². The van der Waals surface area contributed by atoms with Crippen LogP contribution in [-0.2, 0) is 4.74 Å². The van der Waals surface area contributed by atoms with Gasteiger partial charge in [-0.3, -0.25) is 0 Å². The second-order valence-corrected chi connectivity index (χ2v) is 7.97. The summed E-state index contributed by atoms with van der Waals surface area (Å²) in [4.78, 5) is 0. The van der Waals surface area contributed by atoms with E-state index in [1.807, 2.05) is 42.5 Å². The number of hydrogen-bond acceptors (Lipinski definition) is 5. The molecule has 0 spiro atoms. The molecule has 0 heterocycles. The zero-order chi connectivity index (χ0) is 21.1. The second-order valence-electron chi connectivity index (χ2n) is 7.97. The van der Waals surface area contributed by atoms with E-state index in [1.165, 1.54) is 6.42 Å². The van der Waals surface area contributed by atoms with E-state index in [-0.39, 0.29) is 11.7 Å². The van der Waals surface area contributed by atoms with E-state index < -0.39 is 0 Å². The lowest BCUT2D eigenvalue weighted by Gasteiger charge is -2.34. The Morgan fingerprint density at radius 2 is 1.87 bits per heavy atom. The Morgan fingerprint density at radius 1 is 1.07 bits per heavy atom. The summed E-state index contributed by atoms with van der Waals surface area (Å²) in [6.45, 7) is 0. The zero-order valence-corrected chi connectivity index (χ0v) is 17.7. The Balaban J connectivity index is 1.71. The summed E-state index contributed by atoms with van der Waals surface area (Å²) < 4.78 is 23.3. The summed E-state index contributed by atoms with van der Waals surface area (Å²) in [7, 11) is 5.00. The molecule has 156 valence electrons. The molecule has 2 saturated carbocycles. The highest BCUT2D eigenvalue weighted by Crippen LogP contribution is 2.51. The van der Waals surface area contributed by atoms with Crippen molar-refractivity contribution in [1.29, 1.82) is 5.26 Å². The van der Waals surface area contributed by atoms with Crippen molar-refractivity contribution in [3.8, 4) is 23.3 Å². The Bertz CT molecular complexity index is 993. The third kappa shape index (κ3) is 3.53.